The first-order chi connectivity index (χ1) is 16.3. The van der Waals surface area contributed by atoms with Crippen LogP contribution in [0.4, 0.5) is 14.9 Å². The summed E-state index contributed by atoms with van der Waals surface area (Å²) in [7, 11) is 0. The highest BCUT2D eigenvalue weighted by molar-refractivity contribution is 5.91. The molecule has 0 aliphatic carbocycles. The quantitative estimate of drug-likeness (QED) is 0.524. The molecular formula is C26H32FN3O4. The van der Waals surface area contributed by atoms with Gasteiger partial charge in [0.25, 0.3) is 0 Å². The van der Waals surface area contributed by atoms with Crippen molar-refractivity contribution in [3.63, 3.8) is 0 Å². The Bertz CT molecular complexity index is 992. The Morgan fingerprint density at radius 1 is 1.09 bits per heavy atom. The maximum absolute atomic E-state index is 13.3. The number of carbonyl (C=O) groups excluding carboxylic acids is 3. The fourth-order valence-corrected chi connectivity index (χ4v) is 3.79. The molecule has 2 atom stereocenters. The smallest absolute Gasteiger partial charge is 0.411 e. The van der Waals surface area contributed by atoms with E-state index >= 15 is 0 Å². The molecule has 2 aromatic rings. The number of ether oxygens (including phenoxy) is 1. The standard InChI is InChI=1S/C26H32FN3O4/c1-4-5-22(31)29-21-12-8-19(9-13-21)24-23(25(32)28-15-14-17(2)3)30(26(33)34-24)16-18-6-10-20(27)11-7-18/h6-13,17,23-24H,4-5,14-16H2,1-3H3,(H,28,32)(H,29,31)/t23-,24-/m0/s1. The summed E-state index contributed by atoms with van der Waals surface area (Å²) < 4.78 is 19.0. The van der Waals surface area contributed by atoms with Gasteiger partial charge in [0, 0.05) is 18.7 Å². The molecule has 0 aromatic heterocycles. The third kappa shape index (κ3) is 6.56. The monoisotopic (exact) mass is 469 g/mol. The molecule has 1 saturated heterocycles. The molecule has 0 bridgehead atoms. The SMILES string of the molecule is CCCC(=O)Nc1ccc([C@@H]2OC(=O)N(Cc3ccc(F)cc3)[C@@H]2C(=O)NCCC(C)C)cc1. The van der Waals surface area contributed by atoms with Gasteiger partial charge < -0.3 is 15.4 Å². The van der Waals surface area contributed by atoms with Gasteiger partial charge in [0.15, 0.2) is 12.1 Å². The van der Waals surface area contributed by atoms with E-state index in [0.717, 1.165) is 12.8 Å². The van der Waals surface area contributed by atoms with Crippen molar-refractivity contribution in [2.24, 2.45) is 5.92 Å². The summed E-state index contributed by atoms with van der Waals surface area (Å²) in [5.41, 5.74) is 1.97. The van der Waals surface area contributed by atoms with E-state index in [-0.39, 0.29) is 24.2 Å². The van der Waals surface area contributed by atoms with E-state index in [9.17, 15) is 18.8 Å². The molecule has 0 radical (unpaired) electrons. The Morgan fingerprint density at radius 3 is 2.38 bits per heavy atom. The molecule has 8 heteroatoms. The summed E-state index contributed by atoms with van der Waals surface area (Å²) in [6.07, 6.45) is 0.562. The number of hydrogen-bond acceptors (Lipinski definition) is 4. The van der Waals surface area contributed by atoms with Crippen LogP contribution in [-0.4, -0.2) is 35.4 Å². The van der Waals surface area contributed by atoms with Crippen LogP contribution in [0.2, 0.25) is 0 Å². The number of halogens is 1. The van der Waals surface area contributed by atoms with Crippen LogP contribution in [0, 0.1) is 11.7 Å². The number of carbonyl (C=O) groups is 3. The molecule has 1 aliphatic rings. The first-order valence-corrected chi connectivity index (χ1v) is 11.7. The lowest BCUT2D eigenvalue weighted by molar-refractivity contribution is -0.126. The lowest BCUT2D eigenvalue weighted by atomic mass is 10.00. The molecule has 3 rings (SSSR count). The molecule has 3 amide bonds. The summed E-state index contributed by atoms with van der Waals surface area (Å²) >= 11 is 0. The van der Waals surface area contributed by atoms with E-state index in [0.29, 0.717) is 35.7 Å². The number of hydrogen-bond donors (Lipinski definition) is 2. The van der Waals surface area contributed by atoms with Gasteiger partial charge in [-0.1, -0.05) is 45.0 Å². The van der Waals surface area contributed by atoms with Crippen LogP contribution in [0.15, 0.2) is 48.5 Å². The van der Waals surface area contributed by atoms with Gasteiger partial charge in [-0.15, -0.1) is 0 Å². The minimum absolute atomic E-state index is 0.0737. The van der Waals surface area contributed by atoms with Crippen molar-refractivity contribution in [3.8, 4) is 0 Å². The van der Waals surface area contributed by atoms with Crippen molar-refractivity contribution in [3.05, 3.63) is 65.5 Å². The van der Waals surface area contributed by atoms with Gasteiger partial charge in [0.1, 0.15) is 5.82 Å². The van der Waals surface area contributed by atoms with Gasteiger partial charge in [-0.2, -0.15) is 0 Å². The van der Waals surface area contributed by atoms with Gasteiger partial charge in [-0.05, 0) is 54.2 Å². The van der Waals surface area contributed by atoms with Crippen LogP contribution in [0.25, 0.3) is 0 Å². The molecule has 0 spiro atoms. The van der Waals surface area contributed by atoms with Gasteiger partial charge in [0.05, 0.1) is 6.54 Å². The second kappa shape index (κ2) is 11.6. The summed E-state index contributed by atoms with van der Waals surface area (Å²) in [5, 5.41) is 5.74. The zero-order chi connectivity index (χ0) is 24.7. The van der Waals surface area contributed by atoms with E-state index < -0.39 is 18.2 Å². The summed E-state index contributed by atoms with van der Waals surface area (Å²) in [6.45, 7) is 6.67. The number of nitrogens with zero attached hydrogens (tertiary/aromatic N) is 1. The van der Waals surface area contributed by atoms with E-state index in [2.05, 4.69) is 24.5 Å². The molecule has 0 unspecified atom stereocenters. The van der Waals surface area contributed by atoms with Gasteiger partial charge in [0.2, 0.25) is 11.8 Å². The third-order valence-electron chi connectivity index (χ3n) is 5.64. The largest absolute Gasteiger partial charge is 0.438 e. The van der Waals surface area contributed by atoms with Gasteiger partial charge in [-0.3, -0.25) is 14.5 Å². The average Bonchev–Trinajstić information content (AvgIpc) is 3.11. The van der Waals surface area contributed by atoms with Crippen molar-refractivity contribution < 1.29 is 23.5 Å². The molecule has 7 nitrogen and oxygen atoms in total. The fourth-order valence-electron chi connectivity index (χ4n) is 3.79. The molecule has 182 valence electrons. The first kappa shape index (κ1) is 25.2. The molecule has 1 fully saturated rings. The average molecular weight is 470 g/mol. The molecular weight excluding hydrogens is 437 g/mol. The van der Waals surface area contributed by atoms with Crippen LogP contribution < -0.4 is 10.6 Å². The molecule has 34 heavy (non-hydrogen) atoms. The zero-order valence-electron chi connectivity index (χ0n) is 19.8. The van der Waals surface area contributed by atoms with Crippen LogP contribution in [0.5, 0.6) is 0 Å². The van der Waals surface area contributed by atoms with E-state index in [4.69, 9.17) is 4.74 Å². The summed E-state index contributed by atoms with van der Waals surface area (Å²) in [6, 6.07) is 11.9. The van der Waals surface area contributed by atoms with Crippen LogP contribution in [0.3, 0.4) is 0 Å². The predicted octanol–water partition coefficient (Wildman–Crippen LogP) is 4.79. The number of cyclic esters (lactones) is 1. The Morgan fingerprint density at radius 2 is 1.76 bits per heavy atom. The molecule has 2 N–H and O–H groups in total. The van der Waals surface area contributed by atoms with E-state index in [1.165, 1.54) is 17.0 Å². The predicted molar refractivity (Wildman–Crippen MR) is 127 cm³/mol. The number of nitrogens with one attached hydrogen (secondary N) is 2. The number of rotatable bonds is 10. The Balaban J connectivity index is 1.82. The highest BCUT2D eigenvalue weighted by Gasteiger charge is 2.46. The second-order valence-electron chi connectivity index (χ2n) is 8.90. The number of anilines is 1. The van der Waals surface area contributed by atoms with Crippen LogP contribution in [0.1, 0.15) is 57.3 Å². The van der Waals surface area contributed by atoms with Crippen molar-refractivity contribution >= 4 is 23.6 Å². The number of benzene rings is 2. The first-order valence-electron chi connectivity index (χ1n) is 11.7. The van der Waals surface area contributed by atoms with E-state index in [1.807, 2.05) is 6.92 Å². The van der Waals surface area contributed by atoms with E-state index in [1.54, 1.807) is 36.4 Å². The minimum atomic E-state index is -0.884. The number of amides is 3. The zero-order valence-corrected chi connectivity index (χ0v) is 19.8. The van der Waals surface area contributed by atoms with Crippen LogP contribution >= 0.6 is 0 Å². The van der Waals surface area contributed by atoms with Crippen molar-refractivity contribution in [2.45, 2.75) is 58.7 Å². The maximum atomic E-state index is 13.3. The lowest BCUT2D eigenvalue weighted by Gasteiger charge is -2.24. The van der Waals surface area contributed by atoms with Crippen molar-refractivity contribution in [2.75, 3.05) is 11.9 Å². The topological polar surface area (TPSA) is 87.7 Å². The summed E-state index contributed by atoms with van der Waals surface area (Å²) in [5.74, 6) is -0.336. The Hall–Kier alpha value is -3.42. The third-order valence-corrected chi connectivity index (χ3v) is 5.64. The Kier molecular flexibility index (Phi) is 8.62. The van der Waals surface area contributed by atoms with Gasteiger partial charge in [-0.25, -0.2) is 9.18 Å². The lowest BCUT2D eigenvalue weighted by Crippen LogP contribution is -2.46. The van der Waals surface area contributed by atoms with Gasteiger partial charge >= 0.3 is 6.09 Å². The van der Waals surface area contributed by atoms with Crippen molar-refractivity contribution in [1.82, 2.24) is 10.2 Å². The molecule has 1 aliphatic heterocycles. The molecule has 1 heterocycles. The van der Waals surface area contributed by atoms with Crippen molar-refractivity contribution in [1.29, 1.82) is 0 Å². The van der Waals surface area contributed by atoms with Crippen LogP contribution in [-0.2, 0) is 20.9 Å². The highest BCUT2D eigenvalue weighted by atomic mass is 19.1. The minimum Gasteiger partial charge on any atom is -0.438 e. The molecule has 0 saturated carbocycles. The molecule has 2 aromatic carbocycles. The second-order valence-corrected chi connectivity index (χ2v) is 8.90. The fraction of sp³-hybridized carbons (Fsp3) is 0.423. The Labute approximate surface area is 199 Å². The normalized spacial score (nSPS) is 17.6. The highest BCUT2D eigenvalue weighted by Crippen LogP contribution is 2.34. The summed E-state index contributed by atoms with van der Waals surface area (Å²) in [4.78, 5) is 39.2. The maximum Gasteiger partial charge on any atom is 0.411 e.